The quantitative estimate of drug-likeness (QED) is 0.893. The van der Waals surface area contributed by atoms with Gasteiger partial charge in [-0.3, -0.25) is 9.36 Å². The van der Waals surface area contributed by atoms with Crippen molar-refractivity contribution in [3.63, 3.8) is 0 Å². The number of nitrogens with one attached hydrogen (secondary N) is 1. The molecule has 2 aliphatic rings. The van der Waals surface area contributed by atoms with Crippen LogP contribution < -0.4 is 10.4 Å². The second-order valence-corrected chi connectivity index (χ2v) is 6.39. The molecule has 0 radical (unpaired) electrons. The number of carbonyl (C=O) groups excluding carboxylic acids is 1. The monoisotopic (exact) mass is 368 g/mol. The van der Waals surface area contributed by atoms with Crippen LogP contribution in [0.2, 0.25) is 0 Å². The number of para-hydroxylation sites is 1. The molecule has 1 aromatic heterocycles. The number of rotatable bonds is 3. The highest BCUT2D eigenvalue weighted by atomic mass is 19.4. The lowest BCUT2D eigenvalue weighted by molar-refractivity contribution is -0.274. The lowest BCUT2D eigenvalue weighted by atomic mass is 10.1. The molecule has 0 spiro atoms. The molecule has 2 unspecified atom stereocenters. The zero-order chi connectivity index (χ0) is 18.5. The highest BCUT2D eigenvalue weighted by Gasteiger charge is 2.48. The van der Waals surface area contributed by atoms with E-state index >= 15 is 0 Å². The minimum atomic E-state index is -4.78. The second-order valence-electron chi connectivity index (χ2n) is 6.39. The number of nitrogens with zero attached hydrogens (tertiary/aromatic N) is 3. The first-order valence-corrected chi connectivity index (χ1v) is 8.11. The number of aromatic amines is 1. The molecule has 1 saturated carbocycles. The van der Waals surface area contributed by atoms with Crippen LogP contribution in [0.3, 0.4) is 0 Å². The average Bonchev–Trinajstić information content (AvgIpc) is 3.30. The summed E-state index contributed by atoms with van der Waals surface area (Å²) in [5.41, 5.74) is 0.0755. The largest absolute Gasteiger partial charge is 0.573 e. The fourth-order valence-corrected chi connectivity index (χ4v) is 3.41. The summed E-state index contributed by atoms with van der Waals surface area (Å²) in [6.45, 7) is 0.929. The van der Waals surface area contributed by atoms with Crippen molar-refractivity contribution in [1.29, 1.82) is 0 Å². The van der Waals surface area contributed by atoms with Gasteiger partial charge in [-0.15, -0.1) is 13.2 Å². The summed E-state index contributed by atoms with van der Waals surface area (Å²) in [6, 6.07) is 5.90. The predicted octanol–water partition coefficient (Wildman–Crippen LogP) is 1.62. The predicted molar refractivity (Wildman–Crippen MR) is 82.2 cm³/mol. The molecule has 1 fully saturated rings. The molecule has 10 heteroatoms. The Morgan fingerprint density at radius 1 is 1.27 bits per heavy atom. The standard InChI is InChI=1S/C16H15F3N4O3/c17-16(18,19)26-12-4-2-1-3-9(12)10-7-11(10)14(24)22-5-6-23-13(8-22)20-21-15(23)25/h1-4,10-11H,5-8H2,(H,21,25). The molecule has 1 aromatic carbocycles. The fraction of sp³-hybridized carbons (Fsp3) is 0.438. The van der Waals surface area contributed by atoms with E-state index in [0.29, 0.717) is 30.9 Å². The van der Waals surface area contributed by atoms with Crippen molar-refractivity contribution in [1.82, 2.24) is 19.7 Å². The van der Waals surface area contributed by atoms with Crippen LogP contribution in [0.4, 0.5) is 13.2 Å². The second kappa shape index (κ2) is 5.89. The Kier molecular flexibility index (Phi) is 3.78. The number of hydrogen-bond donors (Lipinski definition) is 1. The van der Waals surface area contributed by atoms with Gasteiger partial charge in [0.15, 0.2) is 5.82 Å². The topological polar surface area (TPSA) is 80.2 Å². The Bertz CT molecular complexity index is 905. The summed E-state index contributed by atoms with van der Waals surface area (Å²) in [6.07, 6.45) is -4.30. The Hall–Kier alpha value is -2.78. The van der Waals surface area contributed by atoms with Crippen LogP contribution in [0.15, 0.2) is 29.1 Å². The van der Waals surface area contributed by atoms with Crippen molar-refractivity contribution < 1.29 is 22.7 Å². The summed E-state index contributed by atoms with van der Waals surface area (Å²) in [4.78, 5) is 25.8. The summed E-state index contributed by atoms with van der Waals surface area (Å²) in [5.74, 6) is -0.610. The zero-order valence-corrected chi connectivity index (χ0v) is 13.5. The Labute approximate surface area is 145 Å². The Balaban J connectivity index is 1.48. The maximum absolute atomic E-state index is 12.7. The van der Waals surface area contributed by atoms with Gasteiger partial charge in [-0.2, -0.15) is 5.10 Å². The smallest absolute Gasteiger partial charge is 0.405 e. The number of ether oxygens (including phenoxy) is 1. The van der Waals surface area contributed by atoms with E-state index in [-0.39, 0.29) is 35.7 Å². The number of halogens is 3. The van der Waals surface area contributed by atoms with E-state index in [0.717, 1.165) is 0 Å². The van der Waals surface area contributed by atoms with Gasteiger partial charge in [0, 0.05) is 19.0 Å². The highest BCUT2D eigenvalue weighted by molar-refractivity contribution is 5.83. The molecule has 138 valence electrons. The van der Waals surface area contributed by atoms with Crippen LogP contribution in [0.5, 0.6) is 5.75 Å². The normalized spacial score (nSPS) is 22.0. The molecule has 1 amide bonds. The van der Waals surface area contributed by atoms with Crippen molar-refractivity contribution in [3.8, 4) is 5.75 Å². The Morgan fingerprint density at radius 3 is 2.81 bits per heavy atom. The van der Waals surface area contributed by atoms with Gasteiger partial charge in [0.05, 0.1) is 6.54 Å². The first kappa shape index (κ1) is 16.7. The molecule has 0 bridgehead atoms. The van der Waals surface area contributed by atoms with Gasteiger partial charge in [-0.25, -0.2) is 9.89 Å². The maximum atomic E-state index is 12.7. The van der Waals surface area contributed by atoms with Gasteiger partial charge >= 0.3 is 12.1 Å². The molecule has 2 heterocycles. The Morgan fingerprint density at radius 2 is 2.04 bits per heavy atom. The van der Waals surface area contributed by atoms with E-state index in [9.17, 15) is 22.8 Å². The third-order valence-corrected chi connectivity index (χ3v) is 4.73. The number of aromatic nitrogens is 3. The molecule has 1 N–H and O–H groups in total. The van der Waals surface area contributed by atoms with E-state index in [1.807, 2.05) is 0 Å². The average molecular weight is 368 g/mol. The maximum Gasteiger partial charge on any atom is 0.573 e. The van der Waals surface area contributed by atoms with Gasteiger partial charge in [-0.1, -0.05) is 18.2 Å². The number of H-pyrrole nitrogens is 1. The van der Waals surface area contributed by atoms with Gasteiger partial charge in [0.2, 0.25) is 5.91 Å². The van der Waals surface area contributed by atoms with Crippen molar-refractivity contribution in [2.45, 2.75) is 31.8 Å². The van der Waals surface area contributed by atoms with Crippen molar-refractivity contribution >= 4 is 5.91 Å². The lowest BCUT2D eigenvalue weighted by Gasteiger charge is -2.27. The molecule has 2 atom stereocenters. The zero-order valence-electron chi connectivity index (χ0n) is 13.5. The van der Waals surface area contributed by atoms with Gasteiger partial charge in [0.25, 0.3) is 0 Å². The lowest BCUT2D eigenvalue weighted by Crippen LogP contribution is -2.41. The fourth-order valence-electron chi connectivity index (χ4n) is 3.41. The molecule has 7 nitrogen and oxygen atoms in total. The molecule has 1 aliphatic carbocycles. The van der Waals surface area contributed by atoms with Crippen molar-refractivity contribution in [2.24, 2.45) is 5.92 Å². The molecular weight excluding hydrogens is 353 g/mol. The van der Waals surface area contributed by atoms with Crippen LogP contribution in [-0.2, 0) is 17.9 Å². The summed E-state index contributed by atoms with van der Waals surface area (Å²) < 4.78 is 43.2. The first-order valence-electron chi connectivity index (χ1n) is 8.11. The number of amides is 1. The molecule has 2 aromatic rings. The molecule has 0 saturated heterocycles. The van der Waals surface area contributed by atoms with E-state index in [1.54, 1.807) is 17.0 Å². The van der Waals surface area contributed by atoms with E-state index in [4.69, 9.17) is 0 Å². The third-order valence-electron chi connectivity index (χ3n) is 4.73. The number of alkyl halides is 3. The van der Waals surface area contributed by atoms with Crippen LogP contribution in [-0.4, -0.2) is 38.5 Å². The van der Waals surface area contributed by atoms with Crippen molar-refractivity contribution in [2.75, 3.05) is 6.54 Å². The van der Waals surface area contributed by atoms with Gasteiger partial charge in [-0.05, 0) is 24.0 Å². The van der Waals surface area contributed by atoms with Crippen LogP contribution in [0, 0.1) is 5.92 Å². The number of fused-ring (bicyclic) bond motifs is 1. The van der Waals surface area contributed by atoms with E-state index < -0.39 is 6.36 Å². The van der Waals surface area contributed by atoms with E-state index in [2.05, 4.69) is 14.9 Å². The van der Waals surface area contributed by atoms with Crippen LogP contribution in [0.1, 0.15) is 23.7 Å². The highest BCUT2D eigenvalue weighted by Crippen LogP contribution is 2.51. The summed E-state index contributed by atoms with van der Waals surface area (Å²) in [7, 11) is 0. The summed E-state index contributed by atoms with van der Waals surface area (Å²) in [5, 5.41) is 6.23. The van der Waals surface area contributed by atoms with E-state index in [1.165, 1.54) is 16.7 Å². The SMILES string of the molecule is O=C(C1CC1c1ccccc1OC(F)(F)F)N1CCn2c(n[nH]c2=O)C1. The summed E-state index contributed by atoms with van der Waals surface area (Å²) >= 11 is 0. The molecule has 1 aliphatic heterocycles. The minimum absolute atomic E-state index is 0.140. The number of carbonyl (C=O) groups is 1. The molecule has 26 heavy (non-hydrogen) atoms. The molecule has 4 rings (SSSR count). The van der Waals surface area contributed by atoms with Crippen LogP contribution >= 0.6 is 0 Å². The first-order chi connectivity index (χ1) is 12.3. The minimum Gasteiger partial charge on any atom is -0.405 e. The van der Waals surface area contributed by atoms with Gasteiger partial charge in [0.1, 0.15) is 5.75 Å². The number of benzene rings is 1. The number of hydrogen-bond acceptors (Lipinski definition) is 4. The van der Waals surface area contributed by atoms with Gasteiger partial charge < -0.3 is 9.64 Å². The van der Waals surface area contributed by atoms with Crippen molar-refractivity contribution in [3.05, 3.63) is 46.1 Å². The van der Waals surface area contributed by atoms with Crippen LogP contribution in [0.25, 0.3) is 0 Å². The molecular formula is C16H15F3N4O3. The third kappa shape index (κ3) is 3.06.